The minimum atomic E-state index is -0.761. The van der Waals surface area contributed by atoms with Crippen LogP contribution < -0.4 is 0 Å². The standard InChI is InChI=1S/C54H104O6/c1-6-8-9-10-11-12-13-19-25-31-36-41-46-54(57)60-51(48-59-53(56)45-40-35-30-26-21-22-27-32-37-42-49(3)4)47-58-52(55)44-39-34-29-24-20-17-15-14-16-18-23-28-33-38-43-50(5)7-2/h49-51H,6-48H2,1-5H3/t50?,51-/m1/s1. The van der Waals surface area contributed by atoms with E-state index in [2.05, 4.69) is 34.6 Å². The van der Waals surface area contributed by atoms with Crippen LogP contribution in [0.5, 0.6) is 0 Å². The van der Waals surface area contributed by atoms with E-state index in [9.17, 15) is 14.4 Å². The van der Waals surface area contributed by atoms with Gasteiger partial charge in [-0.1, -0.05) is 259 Å². The van der Waals surface area contributed by atoms with Crippen molar-refractivity contribution < 1.29 is 28.6 Å². The Morgan fingerprint density at radius 2 is 0.633 bits per heavy atom. The van der Waals surface area contributed by atoms with Gasteiger partial charge in [0.15, 0.2) is 6.10 Å². The zero-order valence-corrected chi connectivity index (χ0v) is 41.1. The summed E-state index contributed by atoms with van der Waals surface area (Å²) in [6.07, 6.45) is 48.0. The lowest BCUT2D eigenvalue weighted by Crippen LogP contribution is -2.30. The fourth-order valence-electron chi connectivity index (χ4n) is 8.13. The highest BCUT2D eigenvalue weighted by Gasteiger charge is 2.19. The third kappa shape index (κ3) is 45.9. The lowest BCUT2D eigenvalue weighted by molar-refractivity contribution is -0.167. The molecule has 0 radical (unpaired) electrons. The number of esters is 3. The minimum absolute atomic E-state index is 0.0635. The van der Waals surface area contributed by atoms with Gasteiger partial charge in [0.1, 0.15) is 13.2 Å². The van der Waals surface area contributed by atoms with Crippen LogP contribution in [0.2, 0.25) is 0 Å². The van der Waals surface area contributed by atoms with Crippen LogP contribution in [0.25, 0.3) is 0 Å². The molecule has 0 amide bonds. The Balaban J connectivity index is 4.27. The second kappa shape index (κ2) is 46.9. The molecule has 0 aromatic carbocycles. The van der Waals surface area contributed by atoms with Crippen molar-refractivity contribution >= 4 is 17.9 Å². The van der Waals surface area contributed by atoms with Crippen molar-refractivity contribution in [2.45, 2.75) is 304 Å². The molecule has 356 valence electrons. The van der Waals surface area contributed by atoms with E-state index in [1.54, 1.807) is 0 Å². The molecule has 0 bridgehead atoms. The van der Waals surface area contributed by atoms with Gasteiger partial charge in [-0.15, -0.1) is 0 Å². The number of ether oxygens (including phenoxy) is 3. The number of rotatable bonds is 48. The second-order valence-corrected chi connectivity index (χ2v) is 19.2. The number of carbonyl (C=O) groups excluding carboxylic acids is 3. The molecule has 0 aromatic rings. The molecule has 0 N–H and O–H groups in total. The van der Waals surface area contributed by atoms with Crippen molar-refractivity contribution in [3.8, 4) is 0 Å². The van der Waals surface area contributed by atoms with E-state index in [4.69, 9.17) is 14.2 Å². The van der Waals surface area contributed by atoms with Crippen molar-refractivity contribution in [3.63, 3.8) is 0 Å². The third-order valence-electron chi connectivity index (χ3n) is 12.6. The first-order valence-electron chi connectivity index (χ1n) is 26.8. The number of hydrogen-bond acceptors (Lipinski definition) is 6. The van der Waals surface area contributed by atoms with Crippen LogP contribution in [0, 0.1) is 11.8 Å². The molecule has 6 nitrogen and oxygen atoms in total. The molecule has 0 rings (SSSR count). The molecule has 0 aliphatic heterocycles. The SMILES string of the molecule is CCCCCCCCCCCCCCC(=O)O[C@H](COC(=O)CCCCCCCCCCCCCCCCC(C)CC)COC(=O)CCCCCCCCCCCC(C)C. The maximum atomic E-state index is 12.8. The predicted molar refractivity (Wildman–Crippen MR) is 256 cm³/mol. The smallest absolute Gasteiger partial charge is 0.306 e. The molecule has 1 unspecified atom stereocenters. The van der Waals surface area contributed by atoms with E-state index in [1.165, 1.54) is 186 Å². The first-order chi connectivity index (χ1) is 29.3. The lowest BCUT2D eigenvalue weighted by Gasteiger charge is -2.18. The predicted octanol–water partition coefficient (Wildman–Crippen LogP) is 17.3. The van der Waals surface area contributed by atoms with Gasteiger partial charge in [0.2, 0.25) is 0 Å². The van der Waals surface area contributed by atoms with Crippen LogP contribution in [-0.4, -0.2) is 37.2 Å². The topological polar surface area (TPSA) is 78.9 Å². The van der Waals surface area contributed by atoms with E-state index in [1.807, 2.05) is 0 Å². The minimum Gasteiger partial charge on any atom is -0.462 e. The molecule has 6 heteroatoms. The highest BCUT2D eigenvalue weighted by atomic mass is 16.6. The van der Waals surface area contributed by atoms with Crippen LogP contribution in [0.1, 0.15) is 298 Å². The Morgan fingerprint density at radius 3 is 0.950 bits per heavy atom. The molecule has 0 aliphatic carbocycles. The van der Waals surface area contributed by atoms with E-state index in [0.29, 0.717) is 19.3 Å². The molecule has 0 aliphatic rings. The summed E-state index contributed by atoms with van der Waals surface area (Å²) in [4.78, 5) is 38.0. The molecule has 60 heavy (non-hydrogen) atoms. The molecular formula is C54H104O6. The number of hydrogen-bond donors (Lipinski definition) is 0. The quantitative estimate of drug-likeness (QED) is 0.0345. The summed E-state index contributed by atoms with van der Waals surface area (Å²) in [5, 5.41) is 0. The average molecular weight is 849 g/mol. The maximum Gasteiger partial charge on any atom is 0.306 e. The fourth-order valence-corrected chi connectivity index (χ4v) is 8.13. The monoisotopic (exact) mass is 849 g/mol. The largest absolute Gasteiger partial charge is 0.462 e. The van der Waals surface area contributed by atoms with Crippen LogP contribution >= 0.6 is 0 Å². The molecule has 2 atom stereocenters. The molecule has 0 heterocycles. The molecular weight excluding hydrogens is 745 g/mol. The van der Waals surface area contributed by atoms with Crippen molar-refractivity contribution in [1.82, 2.24) is 0 Å². The van der Waals surface area contributed by atoms with Gasteiger partial charge in [0.25, 0.3) is 0 Å². The van der Waals surface area contributed by atoms with Crippen molar-refractivity contribution in [3.05, 3.63) is 0 Å². The summed E-state index contributed by atoms with van der Waals surface area (Å²) in [5.74, 6) is 0.858. The van der Waals surface area contributed by atoms with E-state index in [-0.39, 0.29) is 31.1 Å². The van der Waals surface area contributed by atoms with E-state index >= 15 is 0 Å². The average Bonchev–Trinajstić information content (AvgIpc) is 3.23. The number of carbonyl (C=O) groups is 3. The summed E-state index contributed by atoms with van der Waals surface area (Å²) >= 11 is 0. The van der Waals surface area contributed by atoms with Crippen LogP contribution in [0.15, 0.2) is 0 Å². The molecule has 0 fully saturated rings. The lowest BCUT2D eigenvalue weighted by atomic mass is 9.99. The summed E-state index contributed by atoms with van der Waals surface area (Å²) < 4.78 is 16.8. The normalized spacial score (nSPS) is 12.5. The molecule has 0 spiro atoms. The fraction of sp³-hybridized carbons (Fsp3) is 0.944. The highest BCUT2D eigenvalue weighted by Crippen LogP contribution is 2.18. The highest BCUT2D eigenvalue weighted by molar-refractivity contribution is 5.71. The maximum absolute atomic E-state index is 12.8. The van der Waals surface area contributed by atoms with Crippen molar-refractivity contribution in [2.75, 3.05) is 13.2 Å². The van der Waals surface area contributed by atoms with Gasteiger partial charge >= 0.3 is 17.9 Å². The summed E-state index contributed by atoms with van der Waals surface area (Å²) in [6, 6.07) is 0. The van der Waals surface area contributed by atoms with Gasteiger partial charge in [-0.05, 0) is 31.1 Å². The van der Waals surface area contributed by atoms with Gasteiger partial charge in [-0.2, -0.15) is 0 Å². The van der Waals surface area contributed by atoms with E-state index in [0.717, 1.165) is 69.6 Å². The van der Waals surface area contributed by atoms with Gasteiger partial charge in [-0.3, -0.25) is 14.4 Å². The Labute approximate surface area is 374 Å². The Kier molecular flexibility index (Phi) is 45.7. The van der Waals surface area contributed by atoms with Crippen LogP contribution in [0.3, 0.4) is 0 Å². The summed E-state index contributed by atoms with van der Waals surface area (Å²) in [5.41, 5.74) is 0. The molecule has 0 saturated carbocycles. The van der Waals surface area contributed by atoms with Gasteiger partial charge < -0.3 is 14.2 Å². The van der Waals surface area contributed by atoms with Crippen LogP contribution in [-0.2, 0) is 28.6 Å². The third-order valence-corrected chi connectivity index (χ3v) is 12.6. The first-order valence-corrected chi connectivity index (χ1v) is 26.8. The zero-order valence-electron chi connectivity index (χ0n) is 41.1. The second-order valence-electron chi connectivity index (χ2n) is 19.2. The first kappa shape index (κ1) is 58.4. The van der Waals surface area contributed by atoms with Gasteiger partial charge in [0, 0.05) is 19.3 Å². The Hall–Kier alpha value is -1.59. The van der Waals surface area contributed by atoms with Gasteiger partial charge in [-0.25, -0.2) is 0 Å². The zero-order chi connectivity index (χ0) is 44.0. The van der Waals surface area contributed by atoms with E-state index < -0.39 is 6.10 Å². The van der Waals surface area contributed by atoms with Crippen molar-refractivity contribution in [1.29, 1.82) is 0 Å². The Morgan fingerprint density at radius 1 is 0.350 bits per heavy atom. The number of unbranched alkanes of at least 4 members (excludes halogenated alkanes) is 32. The van der Waals surface area contributed by atoms with Gasteiger partial charge in [0.05, 0.1) is 0 Å². The molecule has 0 aromatic heterocycles. The Bertz CT molecular complexity index is 918. The van der Waals surface area contributed by atoms with Crippen LogP contribution in [0.4, 0.5) is 0 Å². The molecule has 0 saturated heterocycles. The summed E-state index contributed by atoms with van der Waals surface area (Å²) in [6.45, 7) is 11.4. The van der Waals surface area contributed by atoms with Crippen molar-refractivity contribution in [2.24, 2.45) is 11.8 Å². The summed E-state index contributed by atoms with van der Waals surface area (Å²) in [7, 11) is 0.